The number of rotatable bonds is 6. The van der Waals surface area contributed by atoms with Crippen LogP contribution in [0.1, 0.15) is 35.6 Å². The lowest BCUT2D eigenvalue weighted by molar-refractivity contribution is -0.136. The lowest BCUT2D eigenvalue weighted by Crippen LogP contribution is -2.48. The van der Waals surface area contributed by atoms with Gasteiger partial charge in [0.2, 0.25) is 5.91 Å². The number of pyridine rings is 2. The Balaban J connectivity index is 1.32. The number of aromatic nitrogens is 4. The summed E-state index contributed by atoms with van der Waals surface area (Å²) in [7, 11) is 1.67. The molecule has 1 amide bonds. The van der Waals surface area contributed by atoms with Gasteiger partial charge in [-0.25, -0.2) is 4.98 Å². The van der Waals surface area contributed by atoms with Crippen molar-refractivity contribution in [3.8, 4) is 28.3 Å². The molecule has 4 aromatic rings. The van der Waals surface area contributed by atoms with Crippen molar-refractivity contribution < 1.29 is 14.6 Å². The molecule has 6 rings (SSSR count). The number of likely N-dealkylation sites (tertiary alicyclic amines) is 1. The zero-order valence-electron chi connectivity index (χ0n) is 19.6. The van der Waals surface area contributed by atoms with Crippen LogP contribution in [0, 0.1) is 0 Å². The number of aromatic amines is 1. The first kappa shape index (κ1) is 21.7. The third-order valence-electron chi connectivity index (χ3n) is 7.16. The van der Waals surface area contributed by atoms with Gasteiger partial charge >= 0.3 is 0 Å². The maximum atomic E-state index is 11.9. The quantitative estimate of drug-likeness (QED) is 0.448. The van der Waals surface area contributed by atoms with Crippen LogP contribution in [0.4, 0.5) is 0 Å². The summed E-state index contributed by atoms with van der Waals surface area (Å²) in [6, 6.07) is 12.4. The maximum absolute atomic E-state index is 11.9. The van der Waals surface area contributed by atoms with E-state index in [1.165, 1.54) is 17.5 Å². The third kappa shape index (κ3) is 3.74. The number of aliphatic hydroxyl groups is 1. The Bertz CT molecular complexity index is 1410. The SMILES string of the molecule is COc1cc2[nH]nc(-c3ccc(C4CN(C(=O)CCO)C4)nc3)c2nc1-c1cccc2c1CCC2. The number of methoxy groups -OCH3 is 1. The smallest absolute Gasteiger partial charge is 0.224 e. The Morgan fingerprint density at radius 1 is 1.20 bits per heavy atom. The molecule has 1 aliphatic heterocycles. The number of ether oxygens (including phenoxy) is 1. The molecule has 3 aromatic heterocycles. The molecule has 35 heavy (non-hydrogen) atoms. The molecule has 0 spiro atoms. The number of benzene rings is 1. The van der Waals surface area contributed by atoms with Crippen molar-refractivity contribution in [2.24, 2.45) is 0 Å². The van der Waals surface area contributed by atoms with Crippen LogP contribution in [0.25, 0.3) is 33.5 Å². The van der Waals surface area contributed by atoms with Gasteiger partial charge in [-0.3, -0.25) is 14.9 Å². The van der Waals surface area contributed by atoms with Crippen LogP contribution in [0.15, 0.2) is 42.6 Å². The Morgan fingerprint density at radius 3 is 2.86 bits per heavy atom. The van der Waals surface area contributed by atoms with Gasteiger partial charge in [0, 0.05) is 54.5 Å². The van der Waals surface area contributed by atoms with Crippen LogP contribution >= 0.6 is 0 Å². The van der Waals surface area contributed by atoms with Gasteiger partial charge in [0.1, 0.15) is 22.7 Å². The molecule has 1 fully saturated rings. The minimum Gasteiger partial charge on any atom is -0.494 e. The molecule has 0 radical (unpaired) electrons. The highest BCUT2D eigenvalue weighted by molar-refractivity contribution is 5.93. The highest BCUT2D eigenvalue weighted by Gasteiger charge is 2.32. The molecule has 1 saturated heterocycles. The summed E-state index contributed by atoms with van der Waals surface area (Å²) in [5.74, 6) is 0.938. The molecule has 2 aliphatic rings. The number of hydrogen-bond donors (Lipinski definition) is 2. The molecule has 2 N–H and O–H groups in total. The summed E-state index contributed by atoms with van der Waals surface area (Å²) in [5, 5.41) is 16.6. The van der Waals surface area contributed by atoms with Crippen LogP contribution in [0.2, 0.25) is 0 Å². The van der Waals surface area contributed by atoms with Gasteiger partial charge in [-0.15, -0.1) is 0 Å². The zero-order chi connectivity index (χ0) is 23.9. The molecule has 4 heterocycles. The van der Waals surface area contributed by atoms with Gasteiger partial charge < -0.3 is 14.7 Å². The number of H-pyrrole nitrogens is 1. The normalized spacial score (nSPS) is 15.3. The van der Waals surface area contributed by atoms with E-state index in [9.17, 15) is 4.79 Å². The van der Waals surface area contributed by atoms with Crippen molar-refractivity contribution in [1.82, 2.24) is 25.1 Å². The van der Waals surface area contributed by atoms with E-state index in [0.29, 0.717) is 13.1 Å². The van der Waals surface area contributed by atoms with Crippen LogP contribution in [-0.4, -0.2) is 62.9 Å². The van der Waals surface area contributed by atoms with E-state index in [4.69, 9.17) is 14.8 Å². The largest absolute Gasteiger partial charge is 0.494 e. The molecule has 0 atom stereocenters. The van der Waals surface area contributed by atoms with Gasteiger partial charge in [-0.05, 0) is 42.5 Å². The second-order valence-electron chi connectivity index (χ2n) is 9.25. The molecule has 1 aromatic carbocycles. The first-order valence-electron chi connectivity index (χ1n) is 12.1. The molecule has 178 valence electrons. The van der Waals surface area contributed by atoms with E-state index in [1.807, 2.05) is 24.4 Å². The number of carbonyl (C=O) groups is 1. The van der Waals surface area contributed by atoms with E-state index in [0.717, 1.165) is 57.8 Å². The van der Waals surface area contributed by atoms with Crippen molar-refractivity contribution in [1.29, 1.82) is 0 Å². The first-order chi connectivity index (χ1) is 17.2. The van der Waals surface area contributed by atoms with Crippen molar-refractivity contribution in [3.05, 3.63) is 59.4 Å². The van der Waals surface area contributed by atoms with E-state index in [2.05, 4.69) is 33.4 Å². The summed E-state index contributed by atoms with van der Waals surface area (Å²) >= 11 is 0. The van der Waals surface area contributed by atoms with Gasteiger partial charge in [0.25, 0.3) is 0 Å². The van der Waals surface area contributed by atoms with E-state index >= 15 is 0 Å². The van der Waals surface area contributed by atoms with Crippen LogP contribution in [0.5, 0.6) is 5.75 Å². The number of hydrogen-bond acceptors (Lipinski definition) is 6. The van der Waals surface area contributed by atoms with Gasteiger partial charge in [-0.2, -0.15) is 5.10 Å². The standard InChI is InChI=1S/C27H27N5O3/c1-35-23-12-22-27(29-26(23)20-7-3-5-16-4-2-6-19(16)20)25(31-30-22)17-8-9-21(28-13-17)18-14-32(15-18)24(34)10-11-33/h3,5,7-9,12-13,18,33H,2,4,6,10-11,14-15H2,1H3,(H,30,31). The van der Waals surface area contributed by atoms with E-state index in [1.54, 1.807) is 12.0 Å². The van der Waals surface area contributed by atoms with Crippen molar-refractivity contribution in [2.45, 2.75) is 31.6 Å². The van der Waals surface area contributed by atoms with E-state index in [-0.39, 0.29) is 24.9 Å². The predicted molar refractivity (Wildman–Crippen MR) is 132 cm³/mol. The molecule has 0 bridgehead atoms. The first-order valence-corrected chi connectivity index (χ1v) is 12.1. The average molecular weight is 470 g/mol. The Labute approximate surface area is 203 Å². The third-order valence-corrected chi connectivity index (χ3v) is 7.16. The van der Waals surface area contributed by atoms with Gasteiger partial charge in [0.05, 0.1) is 19.2 Å². The number of fused-ring (bicyclic) bond motifs is 2. The van der Waals surface area contributed by atoms with Crippen molar-refractivity contribution in [2.75, 3.05) is 26.8 Å². The molecule has 0 unspecified atom stereocenters. The molecule has 1 aliphatic carbocycles. The molecule has 8 nitrogen and oxygen atoms in total. The number of aryl methyl sites for hydroxylation is 1. The van der Waals surface area contributed by atoms with E-state index < -0.39 is 0 Å². The molecule has 0 saturated carbocycles. The number of nitrogens with zero attached hydrogens (tertiary/aromatic N) is 4. The fourth-order valence-corrected chi connectivity index (χ4v) is 5.23. The predicted octanol–water partition coefficient (Wildman–Crippen LogP) is 3.49. The minimum absolute atomic E-state index is 0.00951. The summed E-state index contributed by atoms with van der Waals surface area (Å²) in [4.78, 5) is 23.4. The van der Waals surface area contributed by atoms with Gasteiger partial charge in [0.15, 0.2) is 0 Å². The van der Waals surface area contributed by atoms with Crippen molar-refractivity contribution >= 4 is 16.9 Å². The zero-order valence-corrected chi connectivity index (χ0v) is 19.6. The van der Waals surface area contributed by atoms with Crippen LogP contribution in [-0.2, 0) is 17.6 Å². The molecular formula is C27H27N5O3. The maximum Gasteiger partial charge on any atom is 0.224 e. The number of aliphatic hydroxyl groups excluding tert-OH is 1. The summed E-state index contributed by atoms with van der Waals surface area (Å²) < 4.78 is 5.72. The Hall–Kier alpha value is -3.78. The fraction of sp³-hybridized carbons (Fsp3) is 0.333. The number of amides is 1. The monoisotopic (exact) mass is 469 g/mol. The Morgan fingerprint density at radius 2 is 2.09 bits per heavy atom. The summed E-state index contributed by atoms with van der Waals surface area (Å²) in [6.07, 6.45) is 5.34. The highest BCUT2D eigenvalue weighted by atomic mass is 16.5. The average Bonchev–Trinajstić information content (AvgIpc) is 3.49. The number of nitrogens with one attached hydrogen (secondary N) is 1. The summed E-state index contributed by atoms with van der Waals surface area (Å²) in [5.41, 5.74) is 8.92. The topological polar surface area (TPSA) is 104 Å². The van der Waals surface area contributed by atoms with Gasteiger partial charge in [-0.1, -0.05) is 18.2 Å². The van der Waals surface area contributed by atoms with Crippen molar-refractivity contribution in [3.63, 3.8) is 0 Å². The summed E-state index contributed by atoms with van der Waals surface area (Å²) in [6.45, 7) is 1.17. The Kier molecular flexibility index (Phi) is 5.45. The highest BCUT2D eigenvalue weighted by Crippen LogP contribution is 2.39. The second-order valence-corrected chi connectivity index (χ2v) is 9.25. The minimum atomic E-state index is -0.112. The molecular weight excluding hydrogens is 442 g/mol. The lowest BCUT2D eigenvalue weighted by Gasteiger charge is -2.39. The number of carbonyl (C=O) groups excluding carboxylic acids is 1. The van der Waals surface area contributed by atoms with Crippen LogP contribution in [0.3, 0.4) is 0 Å². The van der Waals surface area contributed by atoms with Crippen LogP contribution < -0.4 is 4.74 Å². The molecule has 8 heteroatoms. The lowest BCUT2D eigenvalue weighted by atomic mass is 9.95. The fourth-order valence-electron chi connectivity index (χ4n) is 5.23. The second kappa shape index (κ2) is 8.78.